The third-order valence-electron chi connectivity index (χ3n) is 3.91. The molecule has 0 aliphatic carbocycles. The fourth-order valence-electron chi connectivity index (χ4n) is 3.17. The minimum Gasteiger partial charge on any atom is -0.495 e. The van der Waals surface area contributed by atoms with Crippen LogP contribution >= 0.6 is 31.9 Å². The summed E-state index contributed by atoms with van der Waals surface area (Å²) < 4.78 is 13.8. The van der Waals surface area contributed by atoms with E-state index >= 15 is 0 Å². The number of hydrogen-bond acceptors (Lipinski definition) is 2. The topological polar surface area (TPSA) is 18.5 Å². The van der Waals surface area contributed by atoms with Gasteiger partial charge >= 0.3 is 0 Å². The second kappa shape index (κ2) is 3.62. The second-order valence-corrected chi connectivity index (χ2v) is 6.77. The molecule has 0 unspecified atom stereocenters. The van der Waals surface area contributed by atoms with Gasteiger partial charge in [-0.25, -0.2) is 0 Å². The van der Waals surface area contributed by atoms with Gasteiger partial charge in [-0.3, -0.25) is 0 Å². The molecule has 1 aromatic rings. The maximum absolute atomic E-state index is 6.22. The fourth-order valence-corrected chi connectivity index (χ4v) is 4.20. The summed E-state index contributed by atoms with van der Waals surface area (Å²) in [6, 6.07) is 0. The molecule has 0 amide bonds. The molecule has 18 heavy (non-hydrogen) atoms. The first-order chi connectivity index (χ1) is 8.34. The average Bonchev–Trinajstić information content (AvgIpc) is 2.74. The molecule has 0 saturated heterocycles. The SMILES string of the molecule is COc1c(Br)c(Br)c(C)c2c1[C@]1(C)C=C[C@@]2(C)O1. The lowest BCUT2D eigenvalue weighted by Crippen LogP contribution is -2.17. The van der Waals surface area contributed by atoms with Crippen LogP contribution in [0.15, 0.2) is 21.1 Å². The maximum Gasteiger partial charge on any atom is 0.141 e. The minimum atomic E-state index is -0.386. The van der Waals surface area contributed by atoms with Crippen molar-refractivity contribution < 1.29 is 9.47 Å². The van der Waals surface area contributed by atoms with Crippen molar-refractivity contribution in [3.05, 3.63) is 37.8 Å². The van der Waals surface area contributed by atoms with Crippen molar-refractivity contribution in [2.24, 2.45) is 0 Å². The van der Waals surface area contributed by atoms with Gasteiger partial charge in [-0.15, -0.1) is 0 Å². The minimum absolute atomic E-state index is 0.343. The average molecular weight is 374 g/mol. The summed E-state index contributed by atoms with van der Waals surface area (Å²) in [4.78, 5) is 0. The standard InChI is InChI=1S/C14H14Br2O2/c1-7-8-9(12(17-4)11(16)10(7)15)14(3)6-5-13(8,2)18-14/h5-6H,1-4H3/t13-,14+/m1/s1. The van der Waals surface area contributed by atoms with E-state index < -0.39 is 0 Å². The van der Waals surface area contributed by atoms with Gasteiger partial charge in [0.15, 0.2) is 0 Å². The molecule has 2 aliphatic rings. The van der Waals surface area contributed by atoms with E-state index in [-0.39, 0.29) is 11.2 Å². The molecule has 4 heteroatoms. The lowest BCUT2D eigenvalue weighted by atomic mass is 9.80. The van der Waals surface area contributed by atoms with E-state index in [4.69, 9.17) is 9.47 Å². The molecule has 2 heterocycles. The van der Waals surface area contributed by atoms with E-state index in [2.05, 4.69) is 64.8 Å². The molecule has 0 aromatic heterocycles. The van der Waals surface area contributed by atoms with Gasteiger partial charge < -0.3 is 9.47 Å². The van der Waals surface area contributed by atoms with Crippen LogP contribution in [0.1, 0.15) is 30.5 Å². The summed E-state index contributed by atoms with van der Waals surface area (Å²) in [6.07, 6.45) is 4.26. The Kier molecular flexibility index (Phi) is 2.55. The first kappa shape index (κ1) is 12.7. The highest BCUT2D eigenvalue weighted by Gasteiger charge is 2.54. The van der Waals surface area contributed by atoms with Gasteiger partial charge in [-0.2, -0.15) is 0 Å². The number of fused-ring (bicyclic) bond motifs is 5. The van der Waals surface area contributed by atoms with Gasteiger partial charge in [0.2, 0.25) is 0 Å². The molecule has 0 N–H and O–H groups in total. The summed E-state index contributed by atoms with van der Waals surface area (Å²) in [5.41, 5.74) is 2.84. The molecule has 0 saturated carbocycles. The number of hydrogen-bond donors (Lipinski definition) is 0. The van der Waals surface area contributed by atoms with Crippen molar-refractivity contribution in [2.75, 3.05) is 7.11 Å². The van der Waals surface area contributed by atoms with Gasteiger partial charge in [0.1, 0.15) is 17.0 Å². The van der Waals surface area contributed by atoms with Gasteiger partial charge in [0.05, 0.1) is 11.6 Å². The van der Waals surface area contributed by atoms with E-state index in [9.17, 15) is 0 Å². The van der Waals surface area contributed by atoms with E-state index in [1.165, 1.54) is 11.1 Å². The molecule has 3 rings (SSSR count). The van der Waals surface area contributed by atoms with Crippen LogP contribution in [0.5, 0.6) is 5.75 Å². The highest BCUT2D eigenvalue weighted by molar-refractivity contribution is 9.13. The Bertz CT molecular complexity index is 594. The molecule has 2 nitrogen and oxygen atoms in total. The molecular weight excluding hydrogens is 360 g/mol. The Hall–Kier alpha value is -0.320. The Labute approximate surface area is 124 Å². The number of ether oxygens (including phenoxy) is 2. The van der Waals surface area contributed by atoms with Crippen LogP contribution in [-0.2, 0) is 15.9 Å². The molecular formula is C14H14Br2O2. The number of methoxy groups -OCH3 is 1. The zero-order valence-electron chi connectivity index (χ0n) is 10.7. The van der Waals surface area contributed by atoms with Crippen LogP contribution in [0.3, 0.4) is 0 Å². The van der Waals surface area contributed by atoms with Gasteiger partial charge in [-0.05, 0) is 70.3 Å². The van der Waals surface area contributed by atoms with E-state index in [0.29, 0.717) is 0 Å². The van der Waals surface area contributed by atoms with Crippen LogP contribution in [0.25, 0.3) is 0 Å². The maximum atomic E-state index is 6.22. The molecule has 2 aliphatic heterocycles. The molecule has 96 valence electrons. The highest BCUT2D eigenvalue weighted by atomic mass is 79.9. The number of halogens is 2. The monoisotopic (exact) mass is 372 g/mol. The summed E-state index contributed by atoms with van der Waals surface area (Å²) >= 11 is 7.24. The van der Waals surface area contributed by atoms with Crippen LogP contribution < -0.4 is 4.74 Å². The smallest absolute Gasteiger partial charge is 0.141 e. The Morgan fingerprint density at radius 1 is 1.06 bits per heavy atom. The van der Waals surface area contributed by atoms with Crippen molar-refractivity contribution in [2.45, 2.75) is 32.0 Å². The molecule has 0 spiro atoms. The molecule has 2 atom stereocenters. The first-order valence-corrected chi connectivity index (χ1v) is 7.40. The lowest BCUT2D eigenvalue weighted by Gasteiger charge is -2.24. The van der Waals surface area contributed by atoms with Gasteiger partial charge in [0.25, 0.3) is 0 Å². The zero-order valence-corrected chi connectivity index (χ0v) is 13.9. The van der Waals surface area contributed by atoms with E-state index in [1.807, 2.05) is 0 Å². The van der Waals surface area contributed by atoms with Gasteiger partial charge in [-0.1, -0.05) is 0 Å². The Balaban J connectivity index is 2.46. The predicted octanol–water partition coefficient (Wildman–Crippen LogP) is 4.56. The van der Waals surface area contributed by atoms with Crippen molar-refractivity contribution in [1.82, 2.24) is 0 Å². The van der Waals surface area contributed by atoms with E-state index in [0.717, 1.165) is 20.3 Å². The number of benzene rings is 1. The summed E-state index contributed by atoms with van der Waals surface area (Å²) in [5.74, 6) is 0.859. The largest absolute Gasteiger partial charge is 0.495 e. The van der Waals surface area contributed by atoms with Crippen molar-refractivity contribution in [1.29, 1.82) is 0 Å². The predicted molar refractivity (Wildman–Crippen MR) is 78.1 cm³/mol. The molecule has 1 aromatic carbocycles. The van der Waals surface area contributed by atoms with Crippen LogP contribution in [0, 0.1) is 6.92 Å². The number of rotatable bonds is 1. The third kappa shape index (κ3) is 1.32. The summed E-state index contributed by atoms with van der Waals surface area (Å²) in [6.45, 7) is 6.30. The first-order valence-electron chi connectivity index (χ1n) is 5.81. The highest BCUT2D eigenvalue weighted by Crippen LogP contribution is 2.60. The van der Waals surface area contributed by atoms with Crippen LogP contribution in [0.2, 0.25) is 0 Å². The van der Waals surface area contributed by atoms with E-state index in [1.54, 1.807) is 7.11 Å². The van der Waals surface area contributed by atoms with Crippen LogP contribution in [0.4, 0.5) is 0 Å². The molecule has 0 fully saturated rings. The fraction of sp³-hybridized carbons (Fsp3) is 0.429. The van der Waals surface area contributed by atoms with Crippen molar-refractivity contribution >= 4 is 31.9 Å². The lowest BCUT2D eigenvalue weighted by molar-refractivity contribution is -0.0501. The van der Waals surface area contributed by atoms with Crippen LogP contribution in [-0.4, -0.2) is 7.11 Å². The zero-order chi connectivity index (χ0) is 13.3. The molecule has 0 radical (unpaired) electrons. The normalized spacial score (nSPS) is 31.9. The van der Waals surface area contributed by atoms with Crippen molar-refractivity contribution in [3.63, 3.8) is 0 Å². The quantitative estimate of drug-likeness (QED) is 0.672. The summed E-state index contributed by atoms with van der Waals surface area (Å²) in [5, 5.41) is 0. The molecule has 2 bridgehead atoms. The Morgan fingerprint density at radius 2 is 1.61 bits per heavy atom. The van der Waals surface area contributed by atoms with Gasteiger partial charge in [0, 0.05) is 15.6 Å². The van der Waals surface area contributed by atoms with Crippen molar-refractivity contribution in [3.8, 4) is 5.75 Å². The third-order valence-corrected chi connectivity index (χ3v) is 6.19. The summed E-state index contributed by atoms with van der Waals surface area (Å²) in [7, 11) is 1.70. The Morgan fingerprint density at radius 3 is 2.17 bits per heavy atom. The second-order valence-electron chi connectivity index (χ2n) is 5.19.